The van der Waals surface area contributed by atoms with Crippen LogP contribution < -0.4 is 15.8 Å². The van der Waals surface area contributed by atoms with Crippen molar-refractivity contribution in [2.24, 2.45) is 4.99 Å². The number of hydrogen-bond acceptors (Lipinski definition) is 6. The number of thioether (sulfide) groups is 1. The predicted molar refractivity (Wildman–Crippen MR) is 167 cm³/mol. The van der Waals surface area contributed by atoms with Gasteiger partial charge in [0.15, 0.2) is 11.0 Å². The van der Waals surface area contributed by atoms with Gasteiger partial charge < -0.3 is 0 Å². The maximum atomic E-state index is 12.9. The number of nitrogens with one attached hydrogen (secondary N) is 2. The Morgan fingerprint density at radius 1 is 1.12 bits per heavy atom. The molecule has 4 aromatic rings. The van der Waals surface area contributed by atoms with E-state index in [4.69, 9.17) is 12.2 Å². The van der Waals surface area contributed by atoms with Crippen LogP contribution in [-0.2, 0) is 17.4 Å². The monoisotopic (exact) mass is 623 g/mol. The highest BCUT2D eigenvalue weighted by Crippen LogP contribution is 2.33. The molecular formula is C30H28F3N7OS2. The number of aromatic nitrogens is 3. The number of carbonyl (C=O) groups excluding carboxylic acids is 1. The molecule has 1 unspecified atom stereocenters. The van der Waals surface area contributed by atoms with Crippen molar-refractivity contribution in [2.75, 3.05) is 10.7 Å². The summed E-state index contributed by atoms with van der Waals surface area (Å²) in [5, 5.41) is 5.15. The highest BCUT2D eigenvalue weighted by atomic mass is 32.2. The van der Waals surface area contributed by atoms with Crippen LogP contribution in [0.4, 0.5) is 18.9 Å². The van der Waals surface area contributed by atoms with E-state index >= 15 is 0 Å². The highest BCUT2D eigenvalue weighted by Gasteiger charge is 2.32. The zero-order chi connectivity index (χ0) is 30.7. The molecule has 1 aliphatic rings. The number of carbonyl (C=O) groups is 1. The van der Waals surface area contributed by atoms with Crippen molar-refractivity contribution >= 4 is 45.9 Å². The average Bonchev–Trinajstić information content (AvgIpc) is 3.63. The van der Waals surface area contributed by atoms with E-state index in [0.717, 1.165) is 46.5 Å². The number of alkyl halides is 3. The summed E-state index contributed by atoms with van der Waals surface area (Å²) >= 11 is 6.81. The van der Waals surface area contributed by atoms with Gasteiger partial charge in [-0.1, -0.05) is 61.2 Å². The van der Waals surface area contributed by atoms with Crippen molar-refractivity contribution < 1.29 is 18.0 Å². The first-order valence-corrected chi connectivity index (χ1v) is 14.8. The fourth-order valence-corrected chi connectivity index (χ4v) is 5.66. The number of halogens is 3. The third-order valence-electron chi connectivity index (χ3n) is 6.90. The first kappa shape index (κ1) is 30.4. The van der Waals surface area contributed by atoms with Gasteiger partial charge in [-0.05, 0) is 73.4 Å². The number of aryl methyl sites for hydroxylation is 2. The molecule has 0 radical (unpaired) electrons. The maximum Gasteiger partial charge on any atom is 0.416 e. The second-order valence-electron chi connectivity index (χ2n) is 9.82. The van der Waals surface area contributed by atoms with Gasteiger partial charge in [0.1, 0.15) is 6.33 Å². The van der Waals surface area contributed by atoms with Gasteiger partial charge in [-0.2, -0.15) is 18.2 Å². The van der Waals surface area contributed by atoms with E-state index in [1.54, 1.807) is 4.90 Å². The number of amides is 1. The van der Waals surface area contributed by atoms with Gasteiger partial charge in [0.2, 0.25) is 11.0 Å². The van der Waals surface area contributed by atoms with Crippen molar-refractivity contribution in [2.45, 2.75) is 39.4 Å². The minimum atomic E-state index is -4.40. The molecule has 1 amide bonds. The topological polar surface area (TPSA) is 87.4 Å². The van der Waals surface area contributed by atoms with Crippen molar-refractivity contribution in [3.05, 3.63) is 95.3 Å². The lowest BCUT2D eigenvalue weighted by Crippen LogP contribution is -2.39. The zero-order valence-corrected chi connectivity index (χ0v) is 25.1. The minimum absolute atomic E-state index is 0.0318. The number of hydrazine groups is 1. The summed E-state index contributed by atoms with van der Waals surface area (Å²) in [4.78, 5) is 23.3. The number of hydrogen-bond donors (Lipinski definition) is 2. The van der Waals surface area contributed by atoms with E-state index in [2.05, 4.69) is 32.9 Å². The summed E-state index contributed by atoms with van der Waals surface area (Å²) in [6, 6.07) is 18.1. The van der Waals surface area contributed by atoms with E-state index in [1.807, 2.05) is 56.3 Å². The van der Waals surface area contributed by atoms with Crippen LogP contribution >= 0.6 is 24.0 Å². The van der Waals surface area contributed by atoms with Crippen molar-refractivity contribution in [3.63, 3.8) is 0 Å². The van der Waals surface area contributed by atoms with Gasteiger partial charge in [-0.15, -0.1) is 5.10 Å². The number of thiocarbonyl (C=S) groups is 1. The van der Waals surface area contributed by atoms with Crippen LogP contribution in [0, 0.1) is 6.92 Å². The number of benzene rings is 3. The van der Waals surface area contributed by atoms with Crippen LogP contribution in [0.5, 0.6) is 0 Å². The van der Waals surface area contributed by atoms with Crippen LogP contribution in [0.1, 0.15) is 42.1 Å². The largest absolute Gasteiger partial charge is 0.416 e. The highest BCUT2D eigenvalue weighted by molar-refractivity contribution is 8.15. The van der Waals surface area contributed by atoms with Crippen LogP contribution in [0.3, 0.4) is 0 Å². The minimum Gasteiger partial charge on any atom is -0.296 e. The number of rotatable bonds is 7. The molecule has 0 spiro atoms. The Hall–Kier alpha value is -4.07. The molecule has 2 heterocycles. The fourth-order valence-electron chi connectivity index (χ4n) is 4.60. The van der Waals surface area contributed by atoms with E-state index in [0.29, 0.717) is 22.4 Å². The molecule has 8 nitrogen and oxygen atoms in total. The zero-order valence-electron chi connectivity index (χ0n) is 23.5. The first-order chi connectivity index (χ1) is 20.5. The molecule has 1 aliphatic heterocycles. The van der Waals surface area contributed by atoms with Gasteiger partial charge in [-0.25, -0.2) is 15.1 Å². The molecule has 1 atom stereocenters. The lowest BCUT2D eigenvalue weighted by atomic mass is 10.0. The van der Waals surface area contributed by atoms with Crippen molar-refractivity contribution in [3.8, 4) is 17.1 Å². The third-order valence-corrected chi connectivity index (χ3v) is 8.02. The van der Waals surface area contributed by atoms with E-state index in [1.165, 1.54) is 34.9 Å². The SMILES string of the molecule is CCc1cccc(C)c1N1C(=O)CS/C1=N\C(=S)NNC(C)c1ccc(-c2ncn(-c3ccc(C(F)(F)F)cc3)n2)cc1. The molecule has 1 aromatic heterocycles. The lowest BCUT2D eigenvalue weighted by Gasteiger charge is -2.22. The predicted octanol–water partition coefficient (Wildman–Crippen LogP) is 6.40. The Labute approximate surface area is 256 Å². The van der Waals surface area contributed by atoms with Crippen molar-refractivity contribution in [1.29, 1.82) is 0 Å². The Bertz CT molecular complexity index is 1670. The maximum absolute atomic E-state index is 12.9. The van der Waals surface area contributed by atoms with Crippen LogP contribution in [-0.4, -0.2) is 36.7 Å². The van der Waals surface area contributed by atoms with Gasteiger partial charge in [0.05, 0.1) is 22.7 Å². The number of para-hydroxylation sites is 1. The van der Waals surface area contributed by atoms with E-state index in [9.17, 15) is 18.0 Å². The van der Waals surface area contributed by atoms with E-state index < -0.39 is 11.7 Å². The molecule has 0 saturated carbocycles. The molecule has 13 heteroatoms. The summed E-state index contributed by atoms with van der Waals surface area (Å²) < 4.78 is 40.0. The molecule has 5 rings (SSSR count). The van der Waals surface area contributed by atoms with Gasteiger partial charge in [0.25, 0.3) is 0 Å². The fraction of sp³-hybridized carbons (Fsp3) is 0.233. The molecular weight excluding hydrogens is 596 g/mol. The smallest absolute Gasteiger partial charge is 0.296 e. The molecule has 2 N–H and O–H groups in total. The number of anilines is 1. The van der Waals surface area contributed by atoms with Gasteiger partial charge in [0, 0.05) is 11.6 Å². The Kier molecular flexibility index (Phi) is 8.95. The van der Waals surface area contributed by atoms with Crippen molar-refractivity contribution in [1.82, 2.24) is 25.6 Å². The van der Waals surface area contributed by atoms with Crippen LogP contribution in [0.15, 0.2) is 78.0 Å². The molecule has 3 aromatic carbocycles. The van der Waals surface area contributed by atoms with Crippen LogP contribution in [0.2, 0.25) is 0 Å². The average molecular weight is 624 g/mol. The van der Waals surface area contributed by atoms with Gasteiger partial charge >= 0.3 is 6.18 Å². The first-order valence-electron chi connectivity index (χ1n) is 13.4. The lowest BCUT2D eigenvalue weighted by molar-refractivity contribution is -0.137. The number of aliphatic imine (C=N–C) groups is 1. The summed E-state index contributed by atoms with van der Waals surface area (Å²) in [5.74, 6) is 0.706. The summed E-state index contributed by atoms with van der Waals surface area (Å²) in [5.41, 5.74) is 10.5. The Balaban J connectivity index is 1.21. The Morgan fingerprint density at radius 2 is 1.84 bits per heavy atom. The number of amidine groups is 1. The molecule has 43 heavy (non-hydrogen) atoms. The standard InChI is InChI=1S/C30H28F3N7OS2/c1-4-20-7-5-6-18(2)26(20)40-25(41)16-43-29(40)35-28(42)37-36-19(3)21-8-10-22(11-9-21)27-34-17-39(38-27)24-14-12-23(13-15-24)30(31,32)33/h5-15,17,19,36H,4,16H2,1-3H3,(H,37,42)/b35-29-. The molecule has 0 aliphatic carbocycles. The molecule has 0 bridgehead atoms. The summed E-state index contributed by atoms with van der Waals surface area (Å²) in [6.45, 7) is 5.99. The molecule has 222 valence electrons. The van der Waals surface area contributed by atoms with E-state index in [-0.39, 0.29) is 17.1 Å². The van der Waals surface area contributed by atoms with Crippen LogP contribution in [0.25, 0.3) is 17.1 Å². The normalized spacial score (nSPS) is 15.3. The molecule has 1 saturated heterocycles. The third kappa shape index (κ3) is 6.79. The summed E-state index contributed by atoms with van der Waals surface area (Å²) in [6.07, 6.45) is -2.15. The number of nitrogens with zero attached hydrogens (tertiary/aromatic N) is 5. The van der Waals surface area contributed by atoms with Gasteiger partial charge in [-0.3, -0.25) is 15.1 Å². The Morgan fingerprint density at radius 3 is 2.51 bits per heavy atom. The summed E-state index contributed by atoms with van der Waals surface area (Å²) in [7, 11) is 0. The second kappa shape index (κ2) is 12.7. The quantitative estimate of drug-likeness (QED) is 0.182. The second-order valence-corrected chi connectivity index (χ2v) is 11.2. The molecule has 1 fully saturated rings.